The molecule has 0 saturated heterocycles. The third kappa shape index (κ3) is 2.57. The lowest BCUT2D eigenvalue weighted by atomic mass is 9.94. The van der Waals surface area contributed by atoms with Crippen LogP contribution in [0.3, 0.4) is 0 Å². The maximum atomic E-state index is 6.08. The van der Waals surface area contributed by atoms with E-state index in [1.807, 2.05) is 11.7 Å². The van der Waals surface area contributed by atoms with Crippen molar-refractivity contribution in [3.8, 4) is 0 Å². The molecule has 0 atom stereocenters. The number of hydrogen-bond donors (Lipinski definition) is 1. The van der Waals surface area contributed by atoms with Crippen molar-refractivity contribution in [1.29, 1.82) is 0 Å². The zero-order valence-electron chi connectivity index (χ0n) is 11.6. The normalized spacial score (nSPS) is 18.7. The SMILES string of the molecule is CCCN(Cc1ncnn1C)C1(CN)CCCC1. The molecule has 5 nitrogen and oxygen atoms in total. The molecule has 1 aliphatic carbocycles. The van der Waals surface area contributed by atoms with Gasteiger partial charge in [-0.1, -0.05) is 19.8 Å². The molecule has 1 aromatic rings. The topological polar surface area (TPSA) is 60.0 Å². The Kier molecular flexibility index (Phi) is 4.35. The second kappa shape index (κ2) is 5.80. The Hall–Kier alpha value is -0.940. The molecule has 1 aliphatic rings. The summed E-state index contributed by atoms with van der Waals surface area (Å²) in [5, 5.41) is 4.15. The quantitative estimate of drug-likeness (QED) is 0.828. The Balaban J connectivity index is 2.14. The van der Waals surface area contributed by atoms with E-state index in [0.717, 1.165) is 31.9 Å². The fourth-order valence-corrected chi connectivity index (χ4v) is 3.07. The van der Waals surface area contributed by atoms with Crippen LogP contribution in [0.4, 0.5) is 0 Å². The van der Waals surface area contributed by atoms with Crippen LogP contribution < -0.4 is 5.73 Å². The summed E-state index contributed by atoms with van der Waals surface area (Å²) >= 11 is 0. The summed E-state index contributed by atoms with van der Waals surface area (Å²) < 4.78 is 1.86. The van der Waals surface area contributed by atoms with Gasteiger partial charge in [0.05, 0.1) is 6.54 Å². The Labute approximate surface area is 109 Å². The monoisotopic (exact) mass is 251 g/mol. The van der Waals surface area contributed by atoms with E-state index in [4.69, 9.17) is 5.73 Å². The molecule has 102 valence electrons. The van der Waals surface area contributed by atoms with Crippen LogP contribution in [0.2, 0.25) is 0 Å². The van der Waals surface area contributed by atoms with Crippen LogP contribution in [0.5, 0.6) is 0 Å². The molecule has 0 unspecified atom stereocenters. The van der Waals surface area contributed by atoms with E-state index < -0.39 is 0 Å². The highest BCUT2D eigenvalue weighted by Crippen LogP contribution is 2.35. The van der Waals surface area contributed by atoms with Gasteiger partial charge in [0.15, 0.2) is 0 Å². The summed E-state index contributed by atoms with van der Waals surface area (Å²) in [4.78, 5) is 6.88. The second-order valence-electron chi connectivity index (χ2n) is 5.36. The lowest BCUT2D eigenvalue weighted by molar-refractivity contribution is 0.0861. The van der Waals surface area contributed by atoms with E-state index in [9.17, 15) is 0 Å². The summed E-state index contributed by atoms with van der Waals surface area (Å²) in [6.45, 7) is 4.93. The molecule has 2 N–H and O–H groups in total. The molecule has 0 radical (unpaired) electrons. The van der Waals surface area contributed by atoms with Crippen LogP contribution in [-0.2, 0) is 13.6 Å². The summed E-state index contributed by atoms with van der Waals surface area (Å²) in [6.07, 6.45) is 7.83. The first-order chi connectivity index (χ1) is 8.72. The van der Waals surface area contributed by atoms with Gasteiger partial charge in [-0.25, -0.2) is 4.98 Å². The predicted molar refractivity (Wildman–Crippen MR) is 72.0 cm³/mol. The van der Waals surface area contributed by atoms with Gasteiger partial charge in [0.2, 0.25) is 0 Å². The van der Waals surface area contributed by atoms with E-state index in [1.165, 1.54) is 25.7 Å². The van der Waals surface area contributed by atoms with Gasteiger partial charge in [0, 0.05) is 19.1 Å². The van der Waals surface area contributed by atoms with E-state index in [-0.39, 0.29) is 5.54 Å². The van der Waals surface area contributed by atoms with E-state index in [0.29, 0.717) is 0 Å². The van der Waals surface area contributed by atoms with Crippen molar-refractivity contribution in [3.05, 3.63) is 12.2 Å². The standard InChI is InChI=1S/C13H25N5/c1-3-8-18(9-12-15-11-16-17(12)2)13(10-14)6-4-5-7-13/h11H,3-10,14H2,1-2H3. The Morgan fingerprint density at radius 3 is 2.67 bits per heavy atom. The number of nitrogens with two attached hydrogens (primary N) is 1. The van der Waals surface area contributed by atoms with Crippen molar-refractivity contribution in [2.75, 3.05) is 13.1 Å². The summed E-state index contributed by atoms with van der Waals surface area (Å²) in [6, 6.07) is 0. The molecular weight excluding hydrogens is 226 g/mol. The molecular formula is C13H25N5. The van der Waals surface area contributed by atoms with Crippen LogP contribution in [0.25, 0.3) is 0 Å². The first-order valence-electron chi connectivity index (χ1n) is 7.00. The molecule has 5 heteroatoms. The van der Waals surface area contributed by atoms with Crippen molar-refractivity contribution < 1.29 is 0 Å². The summed E-state index contributed by atoms with van der Waals surface area (Å²) in [5.41, 5.74) is 6.28. The smallest absolute Gasteiger partial charge is 0.140 e. The van der Waals surface area contributed by atoms with E-state index in [2.05, 4.69) is 21.9 Å². The first kappa shape index (κ1) is 13.5. The van der Waals surface area contributed by atoms with Gasteiger partial charge in [0.25, 0.3) is 0 Å². The van der Waals surface area contributed by atoms with E-state index in [1.54, 1.807) is 6.33 Å². The highest BCUT2D eigenvalue weighted by atomic mass is 15.3. The first-order valence-corrected chi connectivity index (χ1v) is 7.00. The highest BCUT2D eigenvalue weighted by molar-refractivity contribution is 4.98. The third-order valence-electron chi connectivity index (χ3n) is 4.22. The minimum absolute atomic E-state index is 0.196. The number of aryl methyl sites for hydroxylation is 1. The molecule has 0 bridgehead atoms. The Morgan fingerprint density at radius 1 is 1.44 bits per heavy atom. The van der Waals surface area contributed by atoms with Gasteiger partial charge in [-0.3, -0.25) is 9.58 Å². The lowest BCUT2D eigenvalue weighted by Crippen LogP contribution is -2.52. The Morgan fingerprint density at radius 2 is 2.17 bits per heavy atom. The number of nitrogens with zero attached hydrogens (tertiary/aromatic N) is 4. The van der Waals surface area contributed by atoms with Crippen LogP contribution in [0, 0.1) is 0 Å². The minimum atomic E-state index is 0.196. The molecule has 2 rings (SSSR count). The van der Waals surface area contributed by atoms with Crippen molar-refractivity contribution in [1.82, 2.24) is 19.7 Å². The molecule has 0 amide bonds. The highest BCUT2D eigenvalue weighted by Gasteiger charge is 2.38. The molecule has 0 aliphatic heterocycles. The summed E-state index contributed by atoms with van der Waals surface area (Å²) in [7, 11) is 1.95. The van der Waals surface area contributed by atoms with Crippen molar-refractivity contribution in [2.45, 2.75) is 51.1 Å². The van der Waals surface area contributed by atoms with Gasteiger partial charge in [-0.2, -0.15) is 5.10 Å². The fourth-order valence-electron chi connectivity index (χ4n) is 3.07. The lowest BCUT2D eigenvalue weighted by Gasteiger charge is -2.40. The van der Waals surface area contributed by atoms with Crippen molar-refractivity contribution >= 4 is 0 Å². The Bertz CT molecular complexity index is 367. The molecule has 0 aromatic carbocycles. The minimum Gasteiger partial charge on any atom is -0.329 e. The van der Waals surface area contributed by atoms with Gasteiger partial charge in [0.1, 0.15) is 12.2 Å². The molecule has 1 fully saturated rings. The van der Waals surface area contributed by atoms with E-state index >= 15 is 0 Å². The predicted octanol–water partition coefficient (Wildman–Crippen LogP) is 1.30. The molecule has 18 heavy (non-hydrogen) atoms. The largest absolute Gasteiger partial charge is 0.329 e. The van der Waals surface area contributed by atoms with Gasteiger partial charge in [-0.05, 0) is 25.8 Å². The average molecular weight is 251 g/mol. The van der Waals surface area contributed by atoms with Crippen molar-refractivity contribution in [2.24, 2.45) is 12.8 Å². The zero-order chi connectivity index (χ0) is 13.0. The maximum Gasteiger partial charge on any atom is 0.140 e. The molecule has 1 saturated carbocycles. The zero-order valence-corrected chi connectivity index (χ0v) is 11.6. The number of hydrogen-bond acceptors (Lipinski definition) is 4. The molecule has 0 spiro atoms. The van der Waals surface area contributed by atoms with Gasteiger partial charge < -0.3 is 5.73 Å². The average Bonchev–Trinajstić information content (AvgIpc) is 2.99. The van der Waals surface area contributed by atoms with Crippen LogP contribution >= 0.6 is 0 Å². The number of rotatable bonds is 6. The summed E-state index contributed by atoms with van der Waals surface area (Å²) in [5.74, 6) is 1.03. The van der Waals surface area contributed by atoms with Gasteiger partial charge >= 0.3 is 0 Å². The fraction of sp³-hybridized carbons (Fsp3) is 0.846. The van der Waals surface area contributed by atoms with Gasteiger partial charge in [-0.15, -0.1) is 0 Å². The molecule has 1 aromatic heterocycles. The maximum absolute atomic E-state index is 6.08. The molecule has 1 heterocycles. The van der Waals surface area contributed by atoms with Crippen LogP contribution in [0.15, 0.2) is 6.33 Å². The van der Waals surface area contributed by atoms with Crippen LogP contribution in [-0.4, -0.2) is 38.3 Å². The number of aromatic nitrogens is 3. The second-order valence-corrected chi connectivity index (χ2v) is 5.36. The van der Waals surface area contributed by atoms with Crippen LogP contribution in [0.1, 0.15) is 44.9 Å². The van der Waals surface area contributed by atoms with Crippen molar-refractivity contribution in [3.63, 3.8) is 0 Å². The third-order valence-corrected chi connectivity index (χ3v) is 4.22.